The molecule has 7 nitrogen and oxygen atoms in total. The lowest BCUT2D eigenvalue weighted by Gasteiger charge is -2.15. The molecule has 7 heteroatoms. The Morgan fingerprint density at radius 2 is 1.88 bits per heavy atom. The maximum atomic E-state index is 12.5. The quantitative estimate of drug-likeness (QED) is 0.835. The third-order valence-corrected chi connectivity index (χ3v) is 3.57. The molecule has 2 N–H and O–H groups in total. The van der Waals surface area contributed by atoms with E-state index in [1.165, 1.54) is 26.4 Å². The number of rotatable bonds is 6. The summed E-state index contributed by atoms with van der Waals surface area (Å²) in [5.41, 5.74) is 1.18. The van der Waals surface area contributed by atoms with E-state index in [1.54, 1.807) is 12.1 Å². The van der Waals surface area contributed by atoms with E-state index < -0.39 is 11.9 Å². The van der Waals surface area contributed by atoms with Gasteiger partial charge in [-0.2, -0.15) is 0 Å². The highest BCUT2D eigenvalue weighted by atomic mass is 16.5. The van der Waals surface area contributed by atoms with Crippen molar-refractivity contribution in [2.45, 2.75) is 19.8 Å². The van der Waals surface area contributed by atoms with Gasteiger partial charge in [-0.25, -0.2) is 9.78 Å². The number of aromatic carboxylic acids is 1. The highest BCUT2D eigenvalue weighted by molar-refractivity contribution is 6.05. The van der Waals surface area contributed by atoms with Crippen molar-refractivity contribution in [2.24, 2.45) is 0 Å². The van der Waals surface area contributed by atoms with Gasteiger partial charge in [-0.1, -0.05) is 19.9 Å². The molecule has 1 aromatic carbocycles. The van der Waals surface area contributed by atoms with Gasteiger partial charge in [-0.05, 0) is 30.2 Å². The number of hydrogen-bond donors (Lipinski definition) is 2. The first kappa shape index (κ1) is 18.3. The highest BCUT2D eigenvalue weighted by Crippen LogP contribution is 2.36. The second kappa shape index (κ2) is 7.65. The zero-order valence-corrected chi connectivity index (χ0v) is 14.5. The fourth-order valence-electron chi connectivity index (χ4n) is 2.27. The summed E-state index contributed by atoms with van der Waals surface area (Å²) in [6, 6.07) is 7.83. The molecule has 1 amide bonds. The molecule has 0 fully saturated rings. The number of benzene rings is 1. The molecule has 132 valence electrons. The molecule has 0 radical (unpaired) electrons. The molecule has 0 spiro atoms. The van der Waals surface area contributed by atoms with Crippen molar-refractivity contribution in [1.29, 1.82) is 0 Å². The number of nitrogens with one attached hydrogen (secondary N) is 1. The number of amides is 1. The van der Waals surface area contributed by atoms with Crippen LogP contribution >= 0.6 is 0 Å². The third kappa shape index (κ3) is 4.06. The molecule has 0 saturated heterocycles. The van der Waals surface area contributed by atoms with Crippen molar-refractivity contribution in [2.75, 3.05) is 19.5 Å². The summed E-state index contributed by atoms with van der Waals surface area (Å²) in [5, 5.41) is 11.9. The van der Waals surface area contributed by atoms with Gasteiger partial charge in [0.25, 0.3) is 5.91 Å². The van der Waals surface area contributed by atoms with Crippen LogP contribution in [0.1, 0.15) is 46.3 Å². The van der Waals surface area contributed by atoms with Gasteiger partial charge >= 0.3 is 5.97 Å². The van der Waals surface area contributed by atoms with Crippen LogP contribution in [0.5, 0.6) is 11.5 Å². The summed E-state index contributed by atoms with van der Waals surface area (Å²) >= 11 is 0. The van der Waals surface area contributed by atoms with Crippen LogP contribution < -0.4 is 14.8 Å². The van der Waals surface area contributed by atoms with Crippen LogP contribution in [0.2, 0.25) is 0 Å². The van der Waals surface area contributed by atoms with Crippen LogP contribution in [0.3, 0.4) is 0 Å². The minimum atomic E-state index is -1.14. The zero-order valence-electron chi connectivity index (χ0n) is 14.5. The van der Waals surface area contributed by atoms with Crippen molar-refractivity contribution < 1.29 is 24.2 Å². The monoisotopic (exact) mass is 344 g/mol. The van der Waals surface area contributed by atoms with Crippen molar-refractivity contribution in [3.8, 4) is 11.5 Å². The second-order valence-electron chi connectivity index (χ2n) is 5.62. The molecular weight excluding hydrogens is 324 g/mol. The fraction of sp³-hybridized carbons (Fsp3) is 0.278. The molecule has 1 heterocycles. The molecule has 1 aromatic heterocycles. The summed E-state index contributed by atoms with van der Waals surface area (Å²) in [6.45, 7) is 3.96. The van der Waals surface area contributed by atoms with E-state index in [4.69, 9.17) is 9.47 Å². The van der Waals surface area contributed by atoms with E-state index >= 15 is 0 Å². The van der Waals surface area contributed by atoms with E-state index in [0.29, 0.717) is 0 Å². The van der Waals surface area contributed by atoms with E-state index in [9.17, 15) is 14.7 Å². The van der Waals surface area contributed by atoms with Crippen LogP contribution in [0.15, 0.2) is 30.3 Å². The Balaban J connectivity index is 2.41. The smallest absolute Gasteiger partial charge is 0.335 e. The molecule has 0 aliphatic carbocycles. The first-order valence-corrected chi connectivity index (χ1v) is 7.65. The van der Waals surface area contributed by atoms with E-state index in [2.05, 4.69) is 10.3 Å². The second-order valence-corrected chi connectivity index (χ2v) is 5.62. The lowest BCUT2D eigenvalue weighted by atomic mass is 10.1. The molecule has 25 heavy (non-hydrogen) atoms. The summed E-state index contributed by atoms with van der Waals surface area (Å²) in [6.07, 6.45) is 0. The Kier molecular flexibility index (Phi) is 5.59. The number of pyridine rings is 1. The number of carbonyl (C=O) groups is 2. The van der Waals surface area contributed by atoms with Gasteiger partial charge in [0.2, 0.25) is 0 Å². The highest BCUT2D eigenvalue weighted by Gasteiger charge is 2.19. The molecule has 2 rings (SSSR count). The van der Waals surface area contributed by atoms with E-state index in [-0.39, 0.29) is 34.4 Å². The summed E-state index contributed by atoms with van der Waals surface area (Å²) < 4.78 is 10.4. The number of nitrogens with zero attached hydrogens (tertiary/aromatic N) is 1. The summed E-state index contributed by atoms with van der Waals surface area (Å²) in [5.74, 6) is -0.984. The van der Waals surface area contributed by atoms with Gasteiger partial charge in [0, 0.05) is 5.69 Å². The Hall–Kier alpha value is -3.09. The average Bonchev–Trinajstić information content (AvgIpc) is 2.60. The zero-order chi connectivity index (χ0) is 18.6. The normalized spacial score (nSPS) is 10.4. The minimum Gasteiger partial charge on any atom is -0.493 e. The van der Waals surface area contributed by atoms with Crippen LogP contribution in [0.4, 0.5) is 5.69 Å². The number of carbonyl (C=O) groups excluding carboxylic acids is 1. The van der Waals surface area contributed by atoms with Crippen LogP contribution in [-0.2, 0) is 0 Å². The van der Waals surface area contributed by atoms with Gasteiger partial charge in [0.05, 0.1) is 25.5 Å². The van der Waals surface area contributed by atoms with Crippen LogP contribution in [0, 0.1) is 0 Å². The van der Waals surface area contributed by atoms with Crippen molar-refractivity contribution >= 4 is 17.6 Å². The maximum Gasteiger partial charge on any atom is 0.335 e. The Morgan fingerprint density at radius 3 is 2.44 bits per heavy atom. The number of methoxy groups -OCH3 is 2. The minimum absolute atomic E-state index is 0.0307. The van der Waals surface area contributed by atoms with Gasteiger partial charge in [-0.3, -0.25) is 4.79 Å². The topological polar surface area (TPSA) is 97.8 Å². The number of carboxylic acid groups (broad SMARTS) is 1. The van der Waals surface area contributed by atoms with E-state index in [1.807, 2.05) is 19.9 Å². The molecule has 0 aliphatic heterocycles. The van der Waals surface area contributed by atoms with Crippen molar-refractivity contribution in [3.05, 3.63) is 47.3 Å². The summed E-state index contributed by atoms with van der Waals surface area (Å²) in [4.78, 5) is 28.1. The van der Waals surface area contributed by atoms with Gasteiger partial charge < -0.3 is 19.9 Å². The van der Waals surface area contributed by atoms with Crippen molar-refractivity contribution in [3.63, 3.8) is 0 Å². The van der Waals surface area contributed by atoms with E-state index in [0.717, 1.165) is 5.69 Å². The molecular formula is C18H20N2O5. The van der Waals surface area contributed by atoms with Gasteiger partial charge in [0.1, 0.15) is 5.69 Å². The van der Waals surface area contributed by atoms with Crippen molar-refractivity contribution in [1.82, 2.24) is 4.98 Å². The molecule has 2 aromatic rings. The molecule has 0 bridgehead atoms. The average molecular weight is 344 g/mol. The fourth-order valence-corrected chi connectivity index (χ4v) is 2.27. The molecule has 0 unspecified atom stereocenters. The Morgan fingerprint density at radius 1 is 1.16 bits per heavy atom. The summed E-state index contributed by atoms with van der Waals surface area (Å²) in [7, 11) is 2.80. The number of carboxylic acids is 1. The first-order valence-electron chi connectivity index (χ1n) is 7.65. The maximum absolute atomic E-state index is 12.5. The lowest BCUT2D eigenvalue weighted by Crippen LogP contribution is -2.16. The van der Waals surface area contributed by atoms with Gasteiger partial charge in [0.15, 0.2) is 11.5 Å². The SMILES string of the molecule is COc1cc(C(=O)O)cc(NC(=O)c2cccc(C(C)C)n2)c1OC. The Bertz CT molecular complexity index is 802. The lowest BCUT2D eigenvalue weighted by molar-refractivity contribution is 0.0696. The number of ether oxygens (including phenoxy) is 2. The number of aromatic nitrogens is 1. The molecule has 0 aliphatic rings. The van der Waals surface area contributed by atoms with Crippen LogP contribution in [-0.4, -0.2) is 36.2 Å². The first-order chi connectivity index (χ1) is 11.9. The number of anilines is 1. The molecule has 0 saturated carbocycles. The van der Waals surface area contributed by atoms with Crippen LogP contribution in [0.25, 0.3) is 0 Å². The Labute approximate surface area is 145 Å². The standard InChI is InChI=1S/C18H20N2O5/c1-10(2)12-6-5-7-13(19-12)17(21)20-14-8-11(18(22)23)9-15(24-3)16(14)25-4/h5-10H,1-4H3,(H,20,21)(H,22,23). The largest absolute Gasteiger partial charge is 0.493 e. The molecule has 0 atom stereocenters. The van der Waals surface area contributed by atoms with Gasteiger partial charge in [-0.15, -0.1) is 0 Å². The third-order valence-electron chi connectivity index (χ3n) is 3.57. The predicted molar refractivity (Wildman–Crippen MR) is 92.8 cm³/mol. The predicted octanol–water partition coefficient (Wildman–Crippen LogP) is 3.17. The number of hydrogen-bond acceptors (Lipinski definition) is 5.